The molecule has 1 aliphatic rings. The molecule has 0 radical (unpaired) electrons. The van der Waals surface area contributed by atoms with Crippen molar-refractivity contribution >= 4 is 29.0 Å². The molecular formula is C23H19N3OS. The summed E-state index contributed by atoms with van der Waals surface area (Å²) in [4.78, 5) is 15.6. The van der Waals surface area contributed by atoms with Gasteiger partial charge >= 0.3 is 0 Å². The van der Waals surface area contributed by atoms with Gasteiger partial charge in [-0.05, 0) is 46.3 Å². The number of carbonyl (C=O) groups excluding carboxylic acids is 1. The zero-order chi connectivity index (χ0) is 19.3. The molecule has 4 nitrogen and oxygen atoms in total. The summed E-state index contributed by atoms with van der Waals surface area (Å²) in [6.45, 7) is 2.24. The number of fused-ring (bicyclic) bond motifs is 1. The molecule has 0 bridgehead atoms. The maximum absolute atomic E-state index is 12.3. The quantitative estimate of drug-likeness (QED) is 0.520. The van der Waals surface area contributed by atoms with E-state index in [1.807, 2.05) is 47.8 Å². The number of thiophene rings is 1. The van der Waals surface area contributed by atoms with E-state index in [1.54, 1.807) is 17.4 Å². The van der Waals surface area contributed by atoms with Crippen LogP contribution in [0.25, 0.3) is 6.08 Å². The topological polar surface area (TPSA) is 56.1 Å². The third-order valence-electron chi connectivity index (χ3n) is 4.78. The molecule has 138 valence electrons. The van der Waals surface area contributed by atoms with E-state index in [9.17, 15) is 10.1 Å². The molecule has 3 aromatic rings. The highest BCUT2D eigenvalue weighted by Crippen LogP contribution is 2.28. The molecule has 4 rings (SSSR count). The van der Waals surface area contributed by atoms with Gasteiger partial charge in [-0.1, -0.05) is 42.5 Å². The van der Waals surface area contributed by atoms with Gasteiger partial charge in [-0.25, -0.2) is 0 Å². The molecule has 1 N–H and O–H groups in total. The number of amides is 1. The van der Waals surface area contributed by atoms with Crippen molar-refractivity contribution in [3.63, 3.8) is 0 Å². The Labute approximate surface area is 168 Å². The van der Waals surface area contributed by atoms with E-state index in [0.29, 0.717) is 6.54 Å². The maximum atomic E-state index is 12.3. The Balaban J connectivity index is 1.43. The molecule has 2 aromatic carbocycles. The van der Waals surface area contributed by atoms with Crippen LogP contribution in [-0.4, -0.2) is 5.91 Å². The van der Waals surface area contributed by atoms with Crippen LogP contribution in [0.4, 0.5) is 5.69 Å². The van der Waals surface area contributed by atoms with Gasteiger partial charge in [0.05, 0.1) is 6.54 Å². The van der Waals surface area contributed by atoms with Gasteiger partial charge in [-0.3, -0.25) is 4.79 Å². The number of hydrogen-bond donors (Lipinski definition) is 1. The molecule has 0 saturated carbocycles. The summed E-state index contributed by atoms with van der Waals surface area (Å²) in [5, 5.41) is 14.1. The summed E-state index contributed by atoms with van der Waals surface area (Å²) in [6, 6.07) is 22.3. The molecule has 5 heteroatoms. The van der Waals surface area contributed by atoms with Crippen LogP contribution in [0.1, 0.15) is 21.6 Å². The van der Waals surface area contributed by atoms with Crippen molar-refractivity contribution < 1.29 is 4.79 Å². The highest BCUT2D eigenvalue weighted by molar-refractivity contribution is 7.09. The highest BCUT2D eigenvalue weighted by Gasteiger charge is 2.18. The van der Waals surface area contributed by atoms with E-state index in [0.717, 1.165) is 29.2 Å². The minimum atomic E-state index is -0.352. The zero-order valence-electron chi connectivity index (χ0n) is 15.3. The lowest BCUT2D eigenvalue weighted by atomic mass is 10.1. The van der Waals surface area contributed by atoms with E-state index < -0.39 is 0 Å². The zero-order valence-corrected chi connectivity index (χ0v) is 16.1. The Bertz CT molecular complexity index is 1020. The molecular weight excluding hydrogens is 366 g/mol. The fourth-order valence-electron chi connectivity index (χ4n) is 3.29. The molecule has 0 aliphatic carbocycles. The molecule has 0 spiro atoms. The van der Waals surface area contributed by atoms with Crippen molar-refractivity contribution in [1.82, 2.24) is 5.32 Å². The van der Waals surface area contributed by atoms with Gasteiger partial charge in [-0.15, -0.1) is 11.3 Å². The van der Waals surface area contributed by atoms with Crippen LogP contribution < -0.4 is 10.2 Å². The minimum absolute atomic E-state index is 0.109. The van der Waals surface area contributed by atoms with E-state index in [4.69, 9.17) is 0 Å². The molecule has 0 saturated heterocycles. The fraction of sp³-hybridized carbons (Fsp3) is 0.130. The van der Waals surface area contributed by atoms with E-state index in [1.165, 1.54) is 11.1 Å². The first kappa shape index (κ1) is 18.0. The third-order valence-corrected chi connectivity index (χ3v) is 5.65. The average Bonchev–Trinajstić information content (AvgIpc) is 3.40. The van der Waals surface area contributed by atoms with Crippen LogP contribution in [0.2, 0.25) is 0 Å². The number of benzene rings is 2. The number of nitrogens with one attached hydrogen (secondary N) is 1. The van der Waals surface area contributed by atoms with E-state index in [-0.39, 0.29) is 11.5 Å². The van der Waals surface area contributed by atoms with Gasteiger partial charge in [-0.2, -0.15) is 5.26 Å². The first-order chi connectivity index (χ1) is 13.7. The van der Waals surface area contributed by atoms with Crippen molar-refractivity contribution in [3.8, 4) is 6.07 Å². The standard InChI is InChI=1S/C23H19N3OS/c24-13-20(23(27)25-14-22-6-3-11-28-22)12-17-7-9-21(10-8-17)26-15-18-4-1-2-5-19(18)16-26/h1-12H,14-16H2,(H,25,27)/b20-12+. The summed E-state index contributed by atoms with van der Waals surface area (Å²) < 4.78 is 0. The van der Waals surface area contributed by atoms with Crippen LogP contribution in [0.5, 0.6) is 0 Å². The second kappa shape index (κ2) is 8.12. The molecule has 2 heterocycles. The summed E-state index contributed by atoms with van der Waals surface area (Å²) in [5.74, 6) is -0.352. The lowest BCUT2D eigenvalue weighted by Gasteiger charge is -2.17. The summed E-state index contributed by atoms with van der Waals surface area (Å²) in [5.41, 5.74) is 4.80. The lowest BCUT2D eigenvalue weighted by molar-refractivity contribution is -0.117. The van der Waals surface area contributed by atoms with Crippen LogP contribution in [0, 0.1) is 11.3 Å². The molecule has 0 atom stereocenters. The molecule has 0 unspecified atom stereocenters. The van der Waals surface area contributed by atoms with Crippen LogP contribution in [0.3, 0.4) is 0 Å². The predicted octanol–water partition coefficient (Wildman–Crippen LogP) is 4.49. The Hall–Kier alpha value is -3.36. The Morgan fingerprint density at radius 1 is 1.07 bits per heavy atom. The van der Waals surface area contributed by atoms with Gasteiger partial charge in [0.25, 0.3) is 5.91 Å². The summed E-state index contributed by atoms with van der Waals surface area (Å²) in [7, 11) is 0. The SMILES string of the molecule is N#C/C(=C\c1ccc(N2Cc3ccccc3C2)cc1)C(=O)NCc1cccs1. The number of carbonyl (C=O) groups is 1. The van der Waals surface area contributed by atoms with Crippen molar-refractivity contribution in [3.05, 3.63) is 93.2 Å². The smallest absolute Gasteiger partial charge is 0.262 e. The third kappa shape index (κ3) is 3.98. The van der Waals surface area contributed by atoms with Crippen LogP contribution in [-0.2, 0) is 24.4 Å². The van der Waals surface area contributed by atoms with Gasteiger partial charge in [0, 0.05) is 23.7 Å². The van der Waals surface area contributed by atoms with Gasteiger partial charge < -0.3 is 10.2 Å². The number of nitriles is 1. The van der Waals surface area contributed by atoms with Crippen molar-refractivity contribution in [2.45, 2.75) is 19.6 Å². The van der Waals surface area contributed by atoms with Crippen molar-refractivity contribution in [1.29, 1.82) is 5.26 Å². The fourth-order valence-corrected chi connectivity index (χ4v) is 3.93. The summed E-state index contributed by atoms with van der Waals surface area (Å²) in [6.07, 6.45) is 1.63. The molecule has 1 aromatic heterocycles. The Morgan fingerprint density at radius 3 is 2.39 bits per heavy atom. The predicted molar refractivity (Wildman–Crippen MR) is 113 cm³/mol. The monoisotopic (exact) mass is 385 g/mol. The Morgan fingerprint density at radius 2 is 1.79 bits per heavy atom. The Kier molecular flexibility index (Phi) is 5.22. The van der Waals surface area contributed by atoms with Gasteiger partial charge in [0.15, 0.2) is 0 Å². The van der Waals surface area contributed by atoms with Crippen LogP contribution in [0.15, 0.2) is 71.6 Å². The van der Waals surface area contributed by atoms with Gasteiger partial charge in [0.1, 0.15) is 11.6 Å². The lowest BCUT2D eigenvalue weighted by Crippen LogP contribution is -2.23. The van der Waals surface area contributed by atoms with Crippen molar-refractivity contribution in [2.75, 3.05) is 4.90 Å². The molecule has 0 fully saturated rings. The highest BCUT2D eigenvalue weighted by atomic mass is 32.1. The maximum Gasteiger partial charge on any atom is 0.262 e. The van der Waals surface area contributed by atoms with E-state index in [2.05, 4.69) is 34.5 Å². The second-order valence-electron chi connectivity index (χ2n) is 6.65. The number of anilines is 1. The molecule has 28 heavy (non-hydrogen) atoms. The molecule has 1 amide bonds. The van der Waals surface area contributed by atoms with Crippen molar-refractivity contribution in [2.24, 2.45) is 0 Å². The summed E-state index contributed by atoms with van der Waals surface area (Å²) >= 11 is 1.58. The van der Waals surface area contributed by atoms with E-state index >= 15 is 0 Å². The normalized spacial score (nSPS) is 13.1. The second-order valence-corrected chi connectivity index (χ2v) is 7.68. The minimum Gasteiger partial charge on any atom is -0.363 e. The number of hydrogen-bond acceptors (Lipinski definition) is 4. The van der Waals surface area contributed by atoms with Crippen LogP contribution >= 0.6 is 11.3 Å². The number of nitrogens with zero attached hydrogens (tertiary/aromatic N) is 2. The first-order valence-corrected chi connectivity index (χ1v) is 9.95. The number of rotatable bonds is 5. The average molecular weight is 385 g/mol. The first-order valence-electron chi connectivity index (χ1n) is 9.07. The largest absolute Gasteiger partial charge is 0.363 e. The van der Waals surface area contributed by atoms with Gasteiger partial charge in [0.2, 0.25) is 0 Å². The molecule has 1 aliphatic heterocycles.